The molecule has 2 aliphatic rings. The number of carbonyl (C=O) groups is 2. The molecule has 4 heteroatoms. The van der Waals surface area contributed by atoms with Crippen molar-refractivity contribution in [3.05, 3.63) is 0 Å². The molecule has 1 aliphatic carbocycles. The number of hydrogen-bond acceptors (Lipinski definition) is 2. The van der Waals surface area contributed by atoms with Crippen molar-refractivity contribution in [2.24, 2.45) is 11.8 Å². The van der Waals surface area contributed by atoms with Crippen molar-refractivity contribution in [3.63, 3.8) is 0 Å². The Bertz CT molecular complexity index is 378. The molecule has 0 bridgehead atoms. The van der Waals surface area contributed by atoms with Crippen LogP contribution < -0.4 is 5.32 Å². The number of nitrogens with zero attached hydrogens (tertiary/aromatic N) is 1. The average Bonchev–Trinajstić information content (AvgIpc) is 2.65. The largest absolute Gasteiger partial charge is 0.342 e. The van der Waals surface area contributed by atoms with Crippen LogP contribution in [0.5, 0.6) is 0 Å². The summed E-state index contributed by atoms with van der Waals surface area (Å²) in [5.74, 6) is 1.32. The maximum absolute atomic E-state index is 12.7. The van der Waals surface area contributed by atoms with E-state index in [1.807, 2.05) is 18.7 Å². The molecule has 108 valence electrons. The molecule has 4 nitrogen and oxygen atoms in total. The van der Waals surface area contributed by atoms with Crippen LogP contribution in [0.1, 0.15) is 53.4 Å². The average molecular weight is 266 g/mol. The number of rotatable bonds is 2. The molecule has 1 saturated heterocycles. The molecule has 0 aromatic carbocycles. The predicted molar refractivity (Wildman–Crippen MR) is 74.5 cm³/mol. The Hall–Kier alpha value is -1.06. The van der Waals surface area contributed by atoms with Gasteiger partial charge in [0.25, 0.3) is 0 Å². The first-order valence-corrected chi connectivity index (χ1v) is 7.49. The summed E-state index contributed by atoms with van der Waals surface area (Å²) in [4.78, 5) is 26.3. The van der Waals surface area contributed by atoms with E-state index in [0.29, 0.717) is 30.8 Å². The Labute approximate surface area is 115 Å². The van der Waals surface area contributed by atoms with Crippen molar-refractivity contribution in [2.75, 3.05) is 6.54 Å². The molecule has 1 N–H and O–H groups in total. The van der Waals surface area contributed by atoms with E-state index in [9.17, 15) is 9.59 Å². The minimum atomic E-state index is -0.766. The van der Waals surface area contributed by atoms with E-state index >= 15 is 0 Å². The summed E-state index contributed by atoms with van der Waals surface area (Å²) in [5.41, 5.74) is -0.766. The van der Waals surface area contributed by atoms with E-state index in [2.05, 4.69) is 19.2 Å². The highest BCUT2D eigenvalue weighted by atomic mass is 16.2. The van der Waals surface area contributed by atoms with Crippen LogP contribution in [-0.4, -0.2) is 34.8 Å². The van der Waals surface area contributed by atoms with Gasteiger partial charge in [0, 0.05) is 19.0 Å². The number of amides is 2. The van der Waals surface area contributed by atoms with Crippen LogP contribution in [0.3, 0.4) is 0 Å². The first-order valence-electron chi connectivity index (χ1n) is 7.49. The van der Waals surface area contributed by atoms with Gasteiger partial charge in [-0.2, -0.15) is 0 Å². The van der Waals surface area contributed by atoms with Gasteiger partial charge in [-0.3, -0.25) is 9.59 Å². The fourth-order valence-electron chi connectivity index (χ4n) is 3.70. The Morgan fingerprint density at radius 3 is 2.58 bits per heavy atom. The molecule has 1 saturated carbocycles. The van der Waals surface area contributed by atoms with Crippen molar-refractivity contribution in [3.8, 4) is 0 Å². The van der Waals surface area contributed by atoms with Crippen LogP contribution in [0, 0.1) is 11.8 Å². The monoisotopic (exact) mass is 266 g/mol. The minimum absolute atomic E-state index is 0.0152. The summed E-state index contributed by atoms with van der Waals surface area (Å²) >= 11 is 0. The summed E-state index contributed by atoms with van der Waals surface area (Å²) in [7, 11) is 0. The fourth-order valence-corrected chi connectivity index (χ4v) is 3.70. The van der Waals surface area contributed by atoms with Gasteiger partial charge < -0.3 is 10.2 Å². The van der Waals surface area contributed by atoms with Crippen molar-refractivity contribution < 1.29 is 9.59 Å². The van der Waals surface area contributed by atoms with Gasteiger partial charge in [0.1, 0.15) is 5.54 Å². The van der Waals surface area contributed by atoms with E-state index < -0.39 is 5.54 Å². The zero-order valence-electron chi connectivity index (χ0n) is 12.5. The molecule has 1 heterocycles. The van der Waals surface area contributed by atoms with Gasteiger partial charge in [-0.25, -0.2) is 0 Å². The van der Waals surface area contributed by atoms with Gasteiger partial charge in [0.2, 0.25) is 11.8 Å². The zero-order valence-corrected chi connectivity index (χ0v) is 12.5. The highest BCUT2D eigenvalue weighted by Crippen LogP contribution is 2.38. The van der Waals surface area contributed by atoms with E-state index in [1.165, 1.54) is 12.8 Å². The third-order valence-electron chi connectivity index (χ3n) is 4.94. The second kappa shape index (κ2) is 5.14. The molecule has 0 spiro atoms. The lowest BCUT2D eigenvalue weighted by atomic mass is 9.92. The fraction of sp³-hybridized carbons (Fsp3) is 0.867. The van der Waals surface area contributed by atoms with Crippen molar-refractivity contribution in [2.45, 2.75) is 65.0 Å². The van der Waals surface area contributed by atoms with E-state index in [0.717, 1.165) is 6.42 Å². The quantitative estimate of drug-likeness (QED) is 0.830. The first kappa shape index (κ1) is 14.4. The maximum atomic E-state index is 12.7. The smallest absolute Gasteiger partial charge is 0.248 e. The third kappa shape index (κ3) is 2.63. The van der Waals surface area contributed by atoms with Crippen LogP contribution in [0.2, 0.25) is 0 Å². The van der Waals surface area contributed by atoms with E-state index in [1.54, 1.807) is 0 Å². The van der Waals surface area contributed by atoms with Crippen LogP contribution in [-0.2, 0) is 9.59 Å². The van der Waals surface area contributed by atoms with E-state index in [-0.39, 0.29) is 11.8 Å². The van der Waals surface area contributed by atoms with Crippen molar-refractivity contribution >= 4 is 11.8 Å². The normalized spacial score (nSPS) is 35.2. The van der Waals surface area contributed by atoms with Gasteiger partial charge in [-0.15, -0.1) is 0 Å². The topological polar surface area (TPSA) is 49.4 Å². The van der Waals surface area contributed by atoms with Gasteiger partial charge in [0.05, 0.1) is 0 Å². The molecule has 2 fully saturated rings. The number of hydrogen-bond donors (Lipinski definition) is 1. The molecule has 0 radical (unpaired) electrons. The highest BCUT2D eigenvalue weighted by Gasteiger charge is 2.43. The second-order valence-corrected chi connectivity index (χ2v) is 6.59. The zero-order chi connectivity index (χ0) is 14.2. The molecule has 1 aliphatic heterocycles. The van der Waals surface area contributed by atoms with Crippen LogP contribution in [0.15, 0.2) is 0 Å². The summed E-state index contributed by atoms with van der Waals surface area (Å²) in [6.45, 7) is 8.67. The van der Waals surface area contributed by atoms with Crippen molar-refractivity contribution in [1.82, 2.24) is 10.2 Å². The number of carbonyl (C=O) groups excluding carboxylic acids is 2. The first-order chi connectivity index (χ1) is 8.86. The van der Waals surface area contributed by atoms with Crippen LogP contribution in [0.4, 0.5) is 0 Å². The second-order valence-electron chi connectivity index (χ2n) is 6.59. The van der Waals surface area contributed by atoms with Crippen molar-refractivity contribution in [1.29, 1.82) is 0 Å². The Kier molecular flexibility index (Phi) is 3.88. The Morgan fingerprint density at radius 1 is 1.32 bits per heavy atom. The molecule has 3 unspecified atom stereocenters. The third-order valence-corrected chi connectivity index (χ3v) is 4.94. The summed E-state index contributed by atoms with van der Waals surface area (Å²) in [6, 6.07) is 0.310. The van der Waals surface area contributed by atoms with E-state index in [4.69, 9.17) is 0 Å². The lowest BCUT2D eigenvalue weighted by molar-refractivity contribution is -0.140. The molecule has 0 aromatic heterocycles. The van der Waals surface area contributed by atoms with Crippen LogP contribution in [0.25, 0.3) is 0 Å². The SMILES string of the molecule is CCC1CCC(N2CCC(=O)NC(C)(C)C2=O)C1C. The molecule has 3 atom stereocenters. The molecular formula is C15H26N2O2. The van der Waals surface area contributed by atoms with Gasteiger partial charge in [-0.1, -0.05) is 20.3 Å². The van der Waals surface area contributed by atoms with Crippen LogP contribution >= 0.6 is 0 Å². The summed E-state index contributed by atoms with van der Waals surface area (Å²) < 4.78 is 0. The summed E-state index contributed by atoms with van der Waals surface area (Å²) in [6.07, 6.45) is 3.89. The van der Waals surface area contributed by atoms with Gasteiger partial charge in [-0.05, 0) is 38.5 Å². The number of nitrogens with one attached hydrogen (secondary N) is 1. The summed E-state index contributed by atoms with van der Waals surface area (Å²) in [5, 5.41) is 2.83. The van der Waals surface area contributed by atoms with Gasteiger partial charge in [0.15, 0.2) is 0 Å². The molecule has 2 rings (SSSR count). The molecular weight excluding hydrogens is 240 g/mol. The van der Waals surface area contributed by atoms with Gasteiger partial charge >= 0.3 is 0 Å². The lowest BCUT2D eigenvalue weighted by Crippen LogP contribution is -2.55. The maximum Gasteiger partial charge on any atom is 0.248 e. The standard InChI is InChI=1S/C15H26N2O2/c1-5-11-6-7-12(10(11)2)17-9-8-13(18)16-15(3,4)14(17)19/h10-12H,5-9H2,1-4H3,(H,16,18). The lowest BCUT2D eigenvalue weighted by Gasteiger charge is -2.36. The minimum Gasteiger partial charge on any atom is -0.342 e. The Morgan fingerprint density at radius 2 is 2.00 bits per heavy atom. The predicted octanol–water partition coefficient (Wildman–Crippen LogP) is 1.94. The molecule has 19 heavy (non-hydrogen) atoms. The Balaban J connectivity index is 2.19. The highest BCUT2D eigenvalue weighted by molar-refractivity contribution is 5.93. The molecule has 2 amide bonds. The molecule has 0 aromatic rings.